The van der Waals surface area contributed by atoms with Gasteiger partial charge in [-0.3, -0.25) is 9.69 Å². The average Bonchev–Trinajstić information content (AvgIpc) is 2.92. The number of hydrogen-bond acceptors (Lipinski definition) is 2. The first-order valence-electron chi connectivity index (χ1n) is 8.55. The van der Waals surface area contributed by atoms with E-state index in [1.807, 2.05) is 19.2 Å². The molecule has 2 aromatic carbocycles. The molecular weight excluding hydrogens is 312 g/mol. The van der Waals surface area contributed by atoms with Gasteiger partial charge in [0.25, 0.3) is 5.91 Å². The molecule has 25 heavy (non-hydrogen) atoms. The van der Waals surface area contributed by atoms with E-state index in [4.69, 9.17) is 0 Å². The van der Waals surface area contributed by atoms with Crippen molar-refractivity contribution in [3.05, 3.63) is 83.4 Å². The Bertz CT molecular complexity index is 887. The first-order valence-corrected chi connectivity index (χ1v) is 8.55. The highest BCUT2D eigenvalue weighted by atomic mass is 16.2. The van der Waals surface area contributed by atoms with Crippen molar-refractivity contribution >= 4 is 11.9 Å². The predicted molar refractivity (Wildman–Crippen MR) is 94.3 cm³/mol. The third-order valence-electron chi connectivity index (χ3n) is 6.03. The number of amides is 3. The summed E-state index contributed by atoms with van der Waals surface area (Å²) in [5.74, 6) is -0.203. The number of rotatable bonds is 1. The predicted octanol–water partition coefficient (Wildman–Crippen LogP) is 3.09. The van der Waals surface area contributed by atoms with Crippen molar-refractivity contribution in [1.29, 1.82) is 0 Å². The minimum Gasteiger partial charge on any atom is -0.321 e. The third kappa shape index (κ3) is 1.62. The summed E-state index contributed by atoms with van der Waals surface area (Å²) < 4.78 is 0. The van der Waals surface area contributed by atoms with Crippen LogP contribution in [0.2, 0.25) is 0 Å². The number of hydrogen-bond donors (Lipinski definition) is 0. The minimum atomic E-state index is -0.313. The summed E-state index contributed by atoms with van der Waals surface area (Å²) in [6.07, 6.45) is 1.24. The molecule has 3 aliphatic carbocycles. The van der Waals surface area contributed by atoms with Crippen LogP contribution in [0.3, 0.4) is 0 Å². The summed E-state index contributed by atoms with van der Waals surface area (Å²) >= 11 is 0. The van der Waals surface area contributed by atoms with Crippen LogP contribution in [-0.2, 0) is 4.79 Å². The van der Waals surface area contributed by atoms with Crippen LogP contribution in [0.5, 0.6) is 0 Å². The maximum atomic E-state index is 12.9. The van der Waals surface area contributed by atoms with E-state index in [2.05, 4.69) is 43.0 Å². The quantitative estimate of drug-likeness (QED) is 0.754. The number of carbonyl (C=O) groups is 2. The Morgan fingerprint density at radius 2 is 1.36 bits per heavy atom. The van der Waals surface area contributed by atoms with Gasteiger partial charge in [0.15, 0.2) is 0 Å². The molecule has 0 spiro atoms. The summed E-state index contributed by atoms with van der Waals surface area (Å²) in [5.41, 5.74) is 5.02. The van der Waals surface area contributed by atoms with Crippen molar-refractivity contribution in [3.63, 3.8) is 0 Å². The molecule has 1 fully saturated rings. The van der Waals surface area contributed by atoms with Crippen LogP contribution in [0.15, 0.2) is 61.2 Å². The molecule has 0 aromatic heterocycles. The van der Waals surface area contributed by atoms with Crippen LogP contribution in [0.25, 0.3) is 0 Å². The number of benzene rings is 2. The maximum Gasteiger partial charge on any atom is 0.327 e. The monoisotopic (exact) mass is 330 g/mol. The van der Waals surface area contributed by atoms with E-state index in [9.17, 15) is 9.59 Å². The molecule has 0 saturated carbocycles. The second-order valence-electron chi connectivity index (χ2n) is 7.00. The molecule has 4 aliphatic rings. The Kier molecular flexibility index (Phi) is 2.79. The van der Waals surface area contributed by atoms with E-state index in [1.54, 1.807) is 4.90 Å². The topological polar surface area (TPSA) is 40.6 Å². The third-order valence-corrected chi connectivity index (χ3v) is 6.03. The van der Waals surface area contributed by atoms with Crippen LogP contribution < -0.4 is 0 Å². The number of likely N-dealkylation sites (N-methyl/N-ethyl adjacent to an activating group) is 1. The lowest BCUT2D eigenvalue weighted by atomic mass is 9.59. The molecule has 1 heterocycles. The SMILES string of the molecule is C=CC(=O)N1C(=O)N(C)[C@H]2C3c4ccccc4C(c4ccccc43)[C@H]21. The van der Waals surface area contributed by atoms with E-state index in [-0.39, 0.29) is 35.9 Å². The van der Waals surface area contributed by atoms with E-state index in [0.29, 0.717) is 0 Å². The molecule has 6 rings (SSSR count). The van der Waals surface area contributed by atoms with Crippen molar-refractivity contribution in [2.24, 2.45) is 0 Å². The minimum absolute atomic E-state index is 0.0141. The van der Waals surface area contributed by atoms with Crippen molar-refractivity contribution in [3.8, 4) is 0 Å². The zero-order valence-electron chi connectivity index (χ0n) is 13.9. The van der Waals surface area contributed by atoms with Gasteiger partial charge in [0.2, 0.25) is 0 Å². The number of nitrogens with zero attached hydrogens (tertiary/aromatic N) is 2. The van der Waals surface area contributed by atoms with Crippen LogP contribution in [-0.4, -0.2) is 40.9 Å². The van der Waals surface area contributed by atoms with Gasteiger partial charge in [-0.2, -0.15) is 0 Å². The Morgan fingerprint density at radius 3 is 1.80 bits per heavy atom. The van der Waals surface area contributed by atoms with Gasteiger partial charge in [-0.15, -0.1) is 0 Å². The van der Waals surface area contributed by atoms with Crippen LogP contribution in [0, 0.1) is 0 Å². The summed E-state index contributed by atoms with van der Waals surface area (Å²) in [7, 11) is 1.81. The molecule has 2 atom stereocenters. The van der Waals surface area contributed by atoms with Gasteiger partial charge in [0.1, 0.15) is 0 Å². The van der Waals surface area contributed by atoms with Gasteiger partial charge >= 0.3 is 6.03 Å². The Hall–Kier alpha value is -2.88. The van der Waals surface area contributed by atoms with Gasteiger partial charge in [-0.05, 0) is 28.3 Å². The van der Waals surface area contributed by atoms with Gasteiger partial charge in [-0.1, -0.05) is 55.1 Å². The molecule has 0 radical (unpaired) electrons. The van der Waals surface area contributed by atoms with Crippen LogP contribution in [0.1, 0.15) is 34.1 Å². The average molecular weight is 330 g/mol. The lowest BCUT2D eigenvalue weighted by molar-refractivity contribution is -0.124. The van der Waals surface area contributed by atoms with Crippen molar-refractivity contribution in [2.45, 2.75) is 23.9 Å². The fourth-order valence-corrected chi connectivity index (χ4v) is 5.14. The van der Waals surface area contributed by atoms with E-state index in [1.165, 1.54) is 33.2 Å². The second-order valence-corrected chi connectivity index (χ2v) is 7.00. The summed E-state index contributed by atoms with van der Waals surface area (Å²) in [4.78, 5) is 28.5. The summed E-state index contributed by atoms with van der Waals surface area (Å²) in [6, 6.07) is 16.3. The van der Waals surface area contributed by atoms with Gasteiger partial charge in [0.05, 0.1) is 12.1 Å². The normalized spacial score (nSPS) is 28.4. The van der Waals surface area contributed by atoms with Crippen molar-refractivity contribution in [1.82, 2.24) is 9.80 Å². The fraction of sp³-hybridized carbons (Fsp3) is 0.238. The van der Waals surface area contributed by atoms with E-state index in [0.717, 1.165) is 0 Å². The summed E-state index contributed by atoms with van der Waals surface area (Å²) in [5, 5.41) is 0. The van der Waals surface area contributed by atoms with Crippen molar-refractivity contribution < 1.29 is 9.59 Å². The maximum absolute atomic E-state index is 12.9. The van der Waals surface area contributed by atoms with Gasteiger partial charge in [0, 0.05) is 18.9 Å². The standard InChI is InChI=1S/C21H18N2O2/c1-3-16(24)23-20-18-14-10-6-4-8-12(14)17(19(20)22(2)21(23)25)13-9-5-7-11-15(13)18/h3-11,17-20H,1H2,2H3/t17?,18?,19-,20+/m0/s1. The Balaban J connectivity index is 1.81. The number of imide groups is 1. The molecule has 1 saturated heterocycles. The highest BCUT2D eigenvalue weighted by Gasteiger charge is 2.60. The highest BCUT2D eigenvalue weighted by Crippen LogP contribution is 2.57. The summed E-state index contributed by atoms with van der Waals surface area (Å²) in [6.45, 7) is 3.59. The fourth-order valence-electron chi connectivity index (χ4n) is 5.14. The first kappa shape index (κ1) is 14.5. The van der Waals surface area contributed by atoms with Crippen LogP contribution in [0.4, 0.5) is 4.79 Å². The molecule has 0 N–H and O–H groups in total. The van der Waals surface area contributed by atoms with Crippen molar-refractivity contribution in [2.75, 3.05) is 7.05 Å². The zero-order chi connectivity index (χ0) is 17.3. The number of urea groups is 1. The lowest BCUT2D eigenvalue weighted by Crippen LogP contribution is -2.53. The van der Waals surface area contributed by atoms with E-state index < -0.39 is 0 Å². The molecule has 0 unspecified atom stereocenters. The van der Waals surface area contributed by atoms with Gasteiger partial charge < -0.3 is 4.90 Å². The van der Waals surface area contributed by atoms with Crippen LogP contribution >= 0.6 is 0 Å². The molecule has 1 aliphatic heterocycles. The molecule has 4 nitrogen and oxygen atoms in total. The highest BCUT2D eigenvalue weighted by molar-refractivity contribution is 6.02. The largest absolute Gasteiger partial charge is 0.327 e. The van der Waals surface area contributed by atoms with E-state index >= 15 is 0 Å². The second kappa shape index (κ2) is 4.82. The smallest absolute Gasteiger partial charge is 0.321 e. The Labute approximate surface area is 146 Å². The molecular formula is C21H18N2O2. The molecule has 2 bridgehead atoms. The molecule has 124 valence electrons. The number of carbonyl (C=O) groups excluding carboxylic acids is 2. The molecule has 3 amide bonds. The first-order chi connectivity index (χ1) is 12.1. The molecule has 2 aromatic rings. The van der Waals surface area contributed by atoms with Gasteiger partial charge in [-0.25, -0.2) is 4.79 Å². The lowest BCUT2D eigenvalue weighted by Gasteiger charge is -2.49. The zero-order valence-corrected chi connectivity index (χ0v) is 13.9. The molecule has 4 heteroatoms. The Morgan fingerprint density at radius 1 is 0.920 bits per heavy atom.